The number of aromatic nitrogens is 4. The van der Waals surface area contributed by atoms with Gasteiger partial charge >= 0.3 is 0 Å². The van der Waals surface area contributed by atoms with Crippen molar-refractivity contribution in [2.75, 3.05) is 66.7 Å². The van der Waals surface area contributed by atoms with Crippen molar-refractivity contribution in [1.82, 2.24) is 40.6 Å². The smallest absolute Gasteiger partial charge is 0.274 e. The Hall–Kier alpha value is -6.99. The highest BCUT2D eigenvalue weighted by atomic mass is 19.1. The Morgan fingerprint density at radius 1 is 0.746 bits per heavy atom. The van der Waals surface area contributed by atoms with Gasteiger partial charge in [-0.15, -0.1) is 0 Å². The zero-order valence-corrected chi connectivity index (χ0v) is 34.1. The van der Waals surface area contributed by atoms with Crippen molar-refractivity contribution in [2.24, 2.45) is 5.92 Å². The minimum Gasteiger partial charge on any atom is -0.368 e. The third kappa shape index (κ3) is 10.7. The lowest BCUT2D eigenvalue weighted by Crippen LogP contribution is -2.48. The summed E-state index contributed by atoms with van der Waals surface area (Å²) < 4.78 is 43.6. The van der Waals surface area contributed by atoms with E-state index < -0.39 is 35.2 Å². The Bertz CT molecular complexity index is 2460. The van der Waals surface area contributed by atoms with E-state index in [1.807, 2.05) is 5.01 Å². The van der Waals surface area contributed by atoms with E-state index in [1.54, 1.807) is 36.5 Å². The molecule has 4 amide bonds. The summed E-state index contributed by atoms with van der Waals surface area (Å²) in [5.41, 5.74) is 5.22. The van der Waals surface area contributed by atoms with Crippen LogP contribution in [0.2, 0.25) is 0 Å². The predicted molar refractivity (Wildman–Crippen MR) is 228 cm³/mol. The van der Waals surface area contributed by atoms with Crippen molar-refractivity contribution in [1.29, 1.82) is 0 Å². The Labute approximate surface area is 360 Å². The zero-order valence-electron chi connectivity index (χ0n) is 34.1. The number of anilines is 6. The average molecular weight is 863 g/mol. The molecule has 0 spiro atoms. The summed E-state index contributed by atoms with van der Waals surface area (Å²) in [6.07, 6.45) is 7.33. The minimum atomic E-state index is -0.759. The highest BCUT2D eigenvalue weighted by Crippen LogP contribution is 2.29. The van der Waals surface area contributed by atoms with Crippen molar-refractivity contribution in [2.45, 2.75) is 38.0 Å². The van der Waals surface area contributed by atoms with Gasteiger partial charge in [0.2, 0.25) is 17.8 Å². The van der Waals surface area contributed by atoms with E-state index in [-0.39, 0.29) is 53.5 Å². The molecule has 0 bridgehead atoms. The number of hydrogen-bond donors (Lipinski definition) is 5. The van der Waals surface area contributed by atoms with Crippen molar-refractivity contribution < 1.29 is 32.3 Å². The van der Waals surface area contributed by atoms with Crippen LogP contribution in [0.15, 0.2) is 85.3 Å². The van der Waals surface area contributed by atoms with E-state index >= 15 is 4.39 Å². The van der Waals surface area contributed by atoms with E-state index in [0.29, 0.717) is 28.5 Å². The normalized spacial score (nSPS) is 17.5. The van der Waals surface area contributed by atoms with Crippen molar-refractivity contribution >= 4 is 58.1 Å². The van der Waals surface area contributed by atoms with Gasteiger partial charge in [0, 0.05) is 63.0 Å². The fraction of sp³-hybridized carbons (Fsp3) is 0.318. The second-order valence-corrected chi connectivity index (χ2v) is 15.6. The first kappa shape index (κ1) is 42.7. The number of carbonyl (C=O) groups excluding carboxylic acids is 4. The van der Waals surface area contributed by atoms with Crippen LogP contribution in [0.3, 0.4) is 0 Å². The number of hydrazine groups is 1. The van der Waals surface area contributed by atoms with E-state index in [9.17, 15) is 28.0 Å². The number of pyridine rings is 2. The molecular formula is C44H45F3N12O4. The van der Waals surface area contributed by atoms with Crippen LogP contribution in [-0.2, 0) is 9.59 Å². The van der Waals surface area contributed by atoms with Crippen molar-refractivity contribution in [3.63, 3.8) is 0 Å². The largest absolute Gasteiger partial charge is 0.368 e. The number of benzene rings is 2. The highest BCUT2D eigenvalue weighted by molar-refractivity contribution is 6.03. The van der Waals surface area contributed by atoms with Gasteiger partial charge in [0.05, 0.1) is 47.3 Å². The summed E-state index contributed by atoms with van der Waals surface area (Å²) >= 11 is 0. The summed E-state index contributed by atoms with van der Waals surface area (Å²) in [6, 6.07) is 16.9. The van der Waals surface area contributed by atoms with Crippen molar-refractivity contribution in [3.05, 3.63) is 120 Å². The molecule has 16 nitrogen and oxygen atoms in total. The summed E-state index contributed by atoms with van der Waals surface area (Å²) in [4.78, 5) is 70.5. The van der Waals surface area contributed by atoms with Crippen LogP contribution in [0.25, 0.3) is 0 Å². The molecule has 3 aliphatic rings. The van der Waals surface area contributed by atoms with E-state index in [0.717, 1.165) is 71.3 Å². The van der Waals surface area contributed by atoms with Gasteiger partial charge in [-0.25, -0.2) is 28.1 Å². The molecule has 8 rings (SSSR count). The lowest BCUT2D eigenvalue weighted by atomic mass is 9.94. The van der Waals surface area contributed by atoms with Gasteiger partial charge in [-0.1, -0.05) is 12.1 Å². The molecule has 1 unspecified atom stereocenters. The number of carbonyl (C=O) groups is 4. The quantitative estimate of drug-likeness (QED) is 0.0933. The molecule has 1 atom stereocenters. The molecule has 63 heavy (non-hydrogen) atoms. The van der Waals surface area contributed by atoms with E-state index in [4.69, 9.17) is 0 Å². The SMILES string of the molecule is O=C1CCC(c2ncc(N3CCN(CCC4CCN(NC(=O)c5ccc(Nc6ncc(F)c(Nc7ccc(C(=O)Nc8ccccc8F)nc7)n6)cc5)CC4)CC3)cc2F)C(=O)N1. The molecular weight excluding hydrogens is 818 g/mol. The molecule has 0 radical (unpaired) electrons. The van der Waals surface area contributed by atoms with Gasteiger partial charge in [-0.3, -0.25) is 39.8 Å². The summed E-state index contributed by atoms with van der Waals surface area (Å²) in [6.45, 7) is 5.59. The number of amides is 4. The number of piperidine rings is 2. The Balaban J connectivity index is 0.743. The number of halogens is 3. The maximum atomic E-state index is 15.0. The minimum absolute atomic E-state index is 0.0213. The standard InChI is InChI=1S/C44H45F3N12O4/c45-33-3-1-2-4-36(33)53-43(63)37-11-9-30(24-48-37)51-40-35(47)26-50-44(55-40)52-29-7-5-28(6-8-29)41(61)56-59-17-14-27(15-18-59)13-16-57-19-21-58(22-20-57)31-23-34(46)39(49-25-31)32-10-12-38(60)54-42(32)62/h1-9,11,23-27,32H,10,12-22H2,(H,53,63)(H,56,61)(H,54,60,62)(H2,50,51,52,55). The molecule has 0 aliphatic carbocycles. The second kappa shape index (κ2) is 19.4. The van der Waals surface area contributed by atoms with Gasteiger partial charge in [0.1, 0.15) is 17.3 Å². The van der Waals surface area contributed by atoms with Crippen LogP contribution in [0.4, 0.5) is 47.7 Å². The fourth-order valence-corrected chi connectivity index (χ4v) is 7.80. The van der Waals surface area contributed by atoms with Crippen LogP contribution in [0, 0.1) is 23.4 Å². The van der Waals surface area contributed by atoms with E-state index in [2.05, 4.69) is 56.4 Å². The Morgan fingerprint density at radius 2 is 1.51 bits per heavy atom. The van der Waals surface area contributed by atoms with Gasteiger partial charge in [0.15, 0.2) is 11.6 Å². The van der Waals surface area contributed by atoms with Crippen LogP contribution >= 0.6 is 0 Å². The number of hydrogen-bond acceptors (Lipinski definition) is 13. The van der Waals surface area contributed by atoms with E-state index in [1.165, 1.54) is 42.6 Å². The lowest BCUT2D eigenvalue weighted by Gasteiger charge is -2.37. The molecule has 5 aromatic rings. The number of para-hydroxylation sites is 1. The van der Waals surface area contributed by atoms with Crippen LogP contribution in [0.5, 0.6) is 0 Å². The first-order chi connectivity index (χ1) is 30.5. The third-order valence-corrected chi connectivity index (χ3v) is 11.4. The molecule has 19 heteroatoms. The predicted octanol–water partition coefficient (Wildman–Crippen LogP) is 5.51. The van der Waals surface area contributed by atoms with Crippen LogP contribution < -0.4 is 31.6 Å². The maximum absolute atomic E-state index is 15.0. The maximum Gasteiger partial charge on any atom is 0.274 e. The number of imide groups is 1. The summed E-state index contributed by atoms with van der Waals surface area (Å²) in [5, 5.41) is 12.5. The van der Waals surface area contributed by atoms with Crippen LogP contribution in [-0.4, -0.2) is 99.3 Å². The van der Waals surface area contributed by atoms with Crippen LogP contribution in [0.1, 0.15) is 64.6 Å². The first-order valence-corrected chi connectivity index (χ1v) is 20.8. The summed E-state index contributed by atoms with van der Waals surface area (Å²) in [7, 11) is 0. The molecule has 326 valence electrons. The van der Waals surface area contributed by atoms with Gasteiger partial charge in [-0.05, 0) is 86.7 Å². The fourth-order valence-electron chi connectivity index (χ4n) is 7.80. The third-order valence-electron chi connectivity index (χ3n) is 11.4. The molecule has 0 saturated carbocycles. The molecule has 3 saturated heterocycles. The highest BCUT2D eigenvalue weighted by Gasteiger charge is 2.32. The average Bonchev–Trinajstić information content (AvgIpc) is 3.29. The Kier molecular flexibility index (Phi) is 13.1. The molecule has 3 aromatic heterocycles. The van der Waals surface area contributed by atoms with Crippen molar-refractivity contribution in [3.8, 4) is 0 Å². The monoisotopic (exact) mass is 862 g/mol. The number of nitrogens with one attached hydrogen (secondary N) is 5. The molecule has 5 N–H and O–H groups in total. The zero-order chi connectivity index (χ0) is 43.9. The summed E-state index contributed by atoms with van der Waals surface area (Å²) in [5.74, 6) is -3.78. The lowest BCUT2D eigenvalue weighted by molar-refractivity contribution is -0.134. The number of piperazine rings is 1. The van der Waals surface area contributed by atoms with Gasteiger partial charge < -0.3 is 20.9 Å². The molecule has 6 heterocycles. The molecule has 3 fully saturated rings. The first-order valence-electron chi connectivity index (χ1n) is 20.8. The molecule has 3 aliphatic heterocycles. The number of nitrogens with zero attached hydrogens (tertiary/aromatic N) is 7. The topological polar surface area (TPSA) is 190 Å². The number of rotatable bonds is 13. The second-order valence-electron chi connectivity index (χ2n) is 15.6. The Morgan fingerprint density at radius 3 is 2.22 bits per heavy atom. The van der Waals surface area contributed by atoms with Gasteiger partial charge in [0.25, 0.3) is 11.8 Å². The van der Waals surface area contributed by atoms with Gasteiger partial charge in [-0.2, -0.15) is 4.98 Å². The molecule has 2 aromatic carbocycles.